The maximum absolute atomic E-state index is 11.7. The third kappa shape index (κ3) is 4.68. The van der Waals surface area contributed by atoms with Crippen LogP contribution in [-0.2, 0) is 13.6 Å². The molecule has 1 unspecified atom stereocenters. The maximum Gasteiger partial charge on any atom is 0.229 e. The molecule has 1 aliphatic rings. The number of amides is 1. The van der Waals surface area contributed by atoms with E-state index in [1.165, 1.54) is 0 Å². The molecule has 1 N–H and O–H groups in total. The Kier molecular flexibility index (Phi) is 5.28. The Bertz CT molecular complexity index is 358. The maximum atomic E-state index is 11.7. The normalized spacial score (nSPS) is 24.3. The molecule has 0 spiro atoms. The number of carbonyl (C=O) groups is 1. The molecule has 1 saturated heterocycles. The Balaban J connectivity index is 2.43. The average Bonchev–Trinajstić information content (AvgIpc) is 2.20. The van der Waals surface area contributed by atoms with Crippen molar-refractivity contribution in [1.82, 2.24) is 5.32 Å². The summed E-state index contributed by atoms with van der Waals surface area (Å²) in [6, 6.07) is 0. The standard InChI is InChI=1S/C14H31NO3Si2/c1-14(2,3)20(7,8)17-10-9-11-12(16)15-13(11)18-19(4,5)6/h11,13H,9-10H2,1-8H3,(H,15,16)/t11-,13?/m0/s1. The van der Waals surface area contributed by atoms with Gasteiger partial charge < -0.3 is 14.2 Å². The van der Waals surface area contributed by atoms with Crippen molar-refractivity contribution >= 4 is 22.5 Å². The van der Waals surface area contributed by atoms with Gasteiger partial charge in [0.05, 0.1) is 5.92 Å². The number of nitrogens with one attached hydrogen (secondary N) is 1. The van der Waals surface area contributed by atoms with Crippen molar-refractivity contribution in [1.29, 1.82) is 0 Å². The van der Waals surface area contributed by atoms with E-state index in [1.807, 2.05) is 0 Å². The molecule has 1 aliphatic heterocycles. The first kappa shape index (κ1) is 17.9. The molecule has 6 heteroatoms. The van der Waals surface area contributed by atoms with E-state index in [9.17, 15) is 4.79 Å². The van der Waals surface area contributed by atoms with Gasteiger partial charge in [0, 0.05) is 6.61 Å². The molecule has 1 heterocycles. The van der Waals surface area contributed by atoms with Crippen molar-refractivity contribution in [3.05, 3.63) is 0 Å². The summed E-state index contributed by atoms with van der Waals surface area (Å²) in [5, 5.41) is 3.07. The minimum atomic E-state index is -1.72. The molecule has 1 rings (SSSR count). The quantitative estimate of drug-likeness (QED) is 0.604. The highest BCUT2D eigenvalue weighted by atomic mass is 28.4. The molecule has 0 aromatic carbocycles. The summed E-state index contributed by atoms with van der Waals surface area (Å²) in [4.78, 5) is 11.7. The van der Waals surface area contributed by atoms with Crippen LogP contribution in [0.25, 0.3) is 0 Å². The van der Waals surface area contributed by atoms with Gasteiger partial charge in [0.2, 0.25) is 5.91 Å². The zero-order chi connectivity index (χ0) is 15.8. The molecule has 0 bridgehead atoms. The minimum Gasteiger partial charge on any atom is -0.417 e. The topological polar surface area (TPSA) is 47.6 Å². The lowest BCUT2D eigenvalue weighted by Crippen LogP contribution is -2.62. The molecule has 0 aliphatic carbocycles. The second kappa shape index (κ2) is 5.90. The number of hydrogen-bond acceptors (Lipinski definition) is 3. The smallest absolute Gasteiger partial charge is 0.229 e. The first-order valence-corrected chi connectivity index (χ1v) is 13.8. The summed E-state index contributed by atoms with van der Waals surface area (Å²) in [5.41, 5.74) is 0. The van der Waals surface area contributed by atoms with E-state index in [4.69, 9.17) is 8.85 Å². The van der Waals surface area contributed by atoms with E-state index < -0.39 is 16.6 Å². The molecule has 1 fully saturated rings. The first-order chi connectivity index (χ1) is 8.83. The van der Waals surface area contributed by atoms with Crippen LogP contribution in [0.3, 0.4) is 0 Å². The number of β-lactam (4-membered cyclic amide) rings is 1. The summed E-state index contributed by atoms with van der Waals surface area (Å²) in [6.07, 6.45) is 0.658. The van der Waals surface area contributed by atoms with Crippen LogP contribution in [0.2, 0.25) is 37.8 Å². The molecule has 20 heavy (non-hydrogen) atoms. The second-order valence-electron chi connectivity index (χ2n) is 8.16. The van der Waals surface area contributed by atoms with E-state index in [0.29, 0.717) is 6.61 Å². The first-order valence-electron chi connectivity index (χ1n) is 7.46. The number of carbonyl (C=O) groups excluding carboxylic acids is 1. The van der Waals surface area contributed by atoms with Gasteiger partial charge in [-0.3, -0.25) is 4.79 Å². The van der Waals surface area contributed by atoms with Gasteiger partial charge in [-0.1, -0.05) is 20.8 Å². The van der Waals surface area contributed by atoms with Gasteiger partial charge >= 0.3 is 0 Å². The van der Waals surface area contributed by atoms with E-state index in [1.54, 1.807) is 0 Å². The van der Waals surface area contributed by atoms with Crippen molar-refractivity contribution in [3.63, 3.8) is 0 Å². The summed E-state index contributed by atoms with van der Waals surface area (Å²) in [5.74, 6) is 0.0681. The molecule has 0 radical (unpaired) electrons. The molecule has 0 saturated carbocycles. The van der Waals surface area contributed by atoms with Crippen LogP contribution in [0.1, 0.15) is 27.2 Å². The van der Waals surface area contributed by atoms with Crippen LogP contribution in [0.5, 0.6) is 0 Å². The highest BCUT2D eigenvalue weighted by Crippen LogP contribution is 2.37. The highest BCUT2D eigenvalue weighted by molar-refractivity contribution is 6.74. The van der Waals surface area contributed by atoms with E-state index in [2.05, 4.69) is 58.8 Å². The van der Waals surface area contributed by atoms with Gasteiger partial charge in [-0.2, -0.15) is 0 Å². The van der Waals surface area contributed by atoms with Gasteiger partial charge in [-0.15, -0.1) is 0 Å². The Hall–Kier alpha value is -0.176. The van der Waals surface area contributed by atoms with Crippen molar-refractivity contribution < 1.29 is 13.6 Å². The van der Waals surface area contributed by atoms with Crippen molar-refractivity contribution in [2.75, 3.05) is 6.61 Å². The van der Waals surface area contributed by atoms with Crippen LogP contribution in [-0.4, -0.2) is 35.4 Å². The van der Waals surface area contributed by atoms with Gasteiger partial charge in [0.15, 0.2) is 16.6 Å². The monoisotopic (exact) mass is 317 g/mol. The van der Waals surface area contributed by atoms with Crippen molar-refractivity contribution in [2.24, 2.45) is 5.92 Å². The summed E-state index contributed by atoms with van der Waals surface area (Å²) in [6.45, 7) is 18.2. The molecular formula is C14H31NO3Si2. The Morgan fingerprint density at radius 3 is 2.10 bits per heavy atom. The third-order valence-corrected chi connectivity index (χ3v) is 9.66. The van der Waals surface area contributed by atoms with Gasteiger partial charge in [-0.25, -0.2) is 0 Å². The molecule has 0 aromatic rings. The fraction of sp³-hybridized carbons (Fsp3) is 0.929. The molecule has 0 aromatic heterocycles. The van der Waals surface area contributed by atoms with Crippen molar-refractivity contribution in [3.8, 4) is 0 Å². The molecule has 4 nitrogen and oxygen atoms in total. The Morgan fingerprint density at radius 1 is 1.15 bits per heavy atom. The Morgan fingerprint density at radius 2 is 1.70 bits per heavy atom. The van der Waals surface area contributed by atoms with Crippen LogP contribution in [0.4, 0.5) is 0 Å². The van der Waals surface area contributed by atoms with Crippen LogP contribution in [0.15, 0.2) is 0 Å². The van der Waals surface area contributed by atoms with E-state index >= 15 is 0 Å². The van der Waals surface area contributed by atoms with Gasteiger partial charge in [-0.05, 0) is 44.2 Å². The highest BCUT2D eigenvalue weighted by Gasteiger charge is 2.43. The molecule has 118 valence electrons. The number of hydrogen-bond donors (Lipinski definition) is 1. The third-order valence-electron chi connectivity index (χ3n) is 4.17. The van der Waals surface area contributed by atoms with Crippen LogP contribution < -0.4 is 5.32 Å². The minimum absolute atomic E-state index is 0.0357. The average molecular weight is 318 g/mol. The molecular weight excluding hydrogens is 286 g/mol. The summed E-state index contributed by atoms with van der Waals surface area (Å²) < 4.78 is 12.1. The lowest BCUT2D eigenvalue weighted by molar-refractivity contribution is -0.145. The van der Waals surface area contributed by atoms with Crippen LogP contribution in [0, 0.1) is 5.92 Å². The second-order valence-corrected chi connectivity index (χ2v) is 17.4. The predicted octanol–water partition coefficient (Wildman–Crippen LogP) is 3.32. The van der Waals surface area contributed by atoms with E-state index in [-0.39, 0.29) is 23.1 Å². The zero-order valence-corrected chi connectivity index (χ0v) is 16.3. The number of rotatable bonds is 6. The fourth-order valence-electron chi connectivity index (χ4n) is 1.82. The largest absolute Gasteiger partial charge is 0.417 e. The summed E-state index contributed by atoms with van der Waals surface area (Å²) in [7, 11) is -3.33. The van der Waals surface area contributed by atoms with E-state index in [0.717, 1.165) is 6.42 Å². The van der Waals surface area contributed by atoms with Gasteiger partial charge in [0.1, 0.15) is 6.23 Å². The molecule has 2 atom stereocenters. The fourth-order valence-corrected chi connectivity index (χ4v) is 3.87. The SMILES string of the molecule is CC(C)(C)[Si](C)(C)OCC[C@H]1C(=O)NC1O[Si](C)(C)C. The Labute approximate surface area is 125 Å². The predicted molar refractivity (Wildman–Crippen MR) is 87.6 cm³/mol. The lowest BCUT2D eigenvalue weighted by Gasteiger charge is -2.41. The molecule has 1 amide bonds. The van der Waals surface area contributed by atoms with Crippen LogP contribution >= 0.6 is 0 Å². The van der Waals surface area contributed by atoms with Gasteiger partial charge in [0.25, 0.3) is 0 Å². The zero-order valence-electron chi connectivity index (χ0n) is 14.3. The summed E-state index contributed by atoms with van der Waals surface area (Å²) >= 11 is 0. The lowest BCUT2D eigenvalue weighted by atomic mass is 9.96. The van der Waals surface area contributed by atoms with Crippen molar-refractivity contribution in [2.45, 2.75) is 71.2 Å².